The highest BCUT2D eigenvalue weighted by molar-refractivity contribution is 5.93. The first-order valence-corrected chi connectivity index (χ1v) is 7.64. The van der Waals surface area contributed by atoms with Gasteiger partial charge in [-0.15, -0.1) is 0 Å². The van der Waals surface area contributed by atoms with Gasteiger partial charge in [0.2, 0.25) is 0 Å². The number of hydrogen-bond donors (Lipinski definition) is 1. The minimum atomic E-state index is -0.377. The van der Waals surface area contributed by atoms with E-state index in [0.29, 0.717) is 0 Å². The lowest BCUT2D eigenvalue weighted by atomic mass is 10.0. The van der Waals surface area contributed by atoms with Crippen molar-refractivity contribution in [3.8, 4) is 0 Å². The summed E-state index contributed by atoms with van der Waals surface area (Å²) in [5.74, 6) is -0.953. The molecule has 0 saturated heterocycles. The van der Waals surface area contributed by atoms with E-state index in [9.17, 15) is 9.59 Å². The van der Waals surface area contributed by atoms with Crippen molar-refractivity contribution in [2.45, 2.75) is 20.3 Å². The molecule has 0 saturated carbocycles. The van der Waals surface area contributed by atoms with Crippen LogP contribution in [0.15, 0.2) is 54.6 Å². The van der Waals surface area contributed by atoms with Crippen molar-refractivity contribution in [1.29, 1.82) is 0 Å². The molecular weight excluding hydrogens is 290 g/mol. The Labute approximate surface area is 136 Å². The van der Waals surface area contributed by atoms with E-state index in [-0.39, 0.29) is 24.4 Å². The molecule has 0 aliphatic carbocycles. The molecule has 1 N–H and O–H groups in total. The third kappa shape index (κ3) is 5.25. The van der Waals surface area contributed by atoms with Gasteiger partial charge in [0.25, 0.3) is 5.91 Å². The number of carbonyl (C=O) groups is 2. The third-order valence-electron chi connectivity index (χ3n) is 3.35. The van der Waals surface area contributed by atoms with Crippen LogP contribution in [0.25, 0.3) is 0 Å². The van der Waals surface area contributed by atoms with Crippen molar-refractivity contribution in [3.63, 3.8) is 0 Å². The first-order valence-electron chi connectivity index (χ1n) is 7.64. The van der Waals surface area contributed by atoms with Crippen LogP contribution < -0.4 is 5.32 Å². The maximum atomic E-state index is 12.0. The largest absolute Gasteiger partial charge is 0.455 e. The Hall–Kier alpha value is -2.62. The number of anilines is 1. The number of hydrogen-bond acceptors (Lipinski definition) is 3. The van der Waals surface area contributed by atoms with E-state index in [4.69, 9.17) is 4.74 Å². The molecular formula is C19H21NO3. The number of nitrogens with one attached hydrogen (secondary N) is 1. The highest BCUT2D eigenvalue weighted by Crippen LogP contribution is 2.19. The van der Waals surface area contributed by atoms with E-state index >= 15 is 0 Å². The predicted octanol–water partition coefficient (Wildman–Crippen LogP) is 3.42. The maximum absolute atomic E-state index is 12.0. The average molecular weight is 311 g/mol. The molecule has 0 aliphatic heterocycles. The van der Waals surface area contributed by atoms with Crippen molar-refractivity contribution in [2.24, 2.45) is 5.92 Å². The SMILES string of the molecule is CC(C)C(=O)OCC(=O)Nc1ccccc1Cc1ccccc1. The van der Waals surface area contributed by atoms with E-state index in [1.807, 2.05) is 54.6 Å². The molecule has 23 heavy (non-hydrogen) atoms. The van der Waals surface area contributed by atoms with Crippen molar-refractivity contribution in [1.82, 2.24) is 0 Å². The molecule has 4 heteroatoms. The quantitative estimate of drug-likeness (QED) is 0.832. The Bertz CT molecular complexity index is 665. The molecule has 0 aliphatic rings. The van der Waals surface area contributed by atoms with Crippen molar-refractivity contribution >= 4 is 17.6 Å². The van der Waals surface area contributed by atoms with Crippen molar-refractivity contribution < 1.29 is 14.3 Å². The first-order chi connectivity index (χ1) is 11.1. The molecule has 0 heterocycles. The lowest BCUT2D eigenvalue weighted by Crippen LogP contribution is -2.23. The molecule has 1 amide bonds. The Kier molecular flexibility index (Phi) is 5.92. The third-order valence-corrected chi connectivity index (χ3v) is 3.35. The fourth-order valence-corrected chi connectivity index (χ4v) is 2.10. The standard InChI is InChI=1S/C19H21NO3/c1-14(2)19(22)23-13-18(21)20-17-11-7-6-10-16(17)12-15-8-4-3-5-9-15/h3-11,14H,12-13H2,1-2H3,(H,20,21). The van der Waals surface area contributed by atoms with Gasteiger partial charge in [-0.05, 0) is 23.6 Å². The highest BCUT2D eigenvalue weighted by atomic mass is 16.5. The Morgan fingerprint density at radius 2 is 1.65 bits per heavy atom. The minimum Gasteiger partial charge on any atom is -0.455 e. The normalized spacial score (nSPS) is 10.4. The van der Waals surface area contributed by atoms with Crippen LogP contribution in [0, 0.1) is 5.92 Å². The average Bonchev–Trinajstić information content (AvgIpc) is 2.55. The van der Waals surface area contributed by atoms with Gasteiger partial charge in [0.15, 0.2) is 6.61 Å². The van der Waals surface area contributed by atoms with Gasteiger partial charge in [-0.2, -0.15) is 0 Å². The zero-order valence-corrected chi connectivity index (χ0v) is 13.4. The Balaban J connectivity index is 2.00. The van der Waals surface area contributed by atoms with Crippen LogP contribution in [-0.4, -0.2) is 18.5 Å². The Morgan fingerprint density at radius 1 is 1.00 bits per heavy atom. The minimum absolute atomic E-state index is 0.242. The van der Waals surface area contributed by atoms with Gasteiger partial charge in [0, 0.05) is 5.69 Å². The fourth-order valence-electron chi connectivity index (χ4n) is 2.10. The van der Waals surface area contributed by atoms with Gasteiger partial charge < -0.3 is 10.1 Å². The summed E-state index contributed by atoms with van der Waals surface area (Å²) in [5.41, 5.74) is 2.92. The molecule has 4 nitrogen and oxygen atoms in total. The maximum Gasteiger partial charge on any atom is 0.308 e. The van der Waals surface area contributed by atoms with Gasteiger partial charge in [0.05, 0.1) is 5.92 Å². The van der Waals surface area contributed by atoms with Gasteiger partial charge >= 0.3 is 5.97 Å². The topological polar surface area (TPSA) is 55.4 Å². The summed E-state index contributed by atoms with van der Waals surface area (Å²) in [7, 11) is 0. The zero-order chi connectivity index (χ0) is 16.7. The van der Waals surface area contributed by atoms with Crippen LogP contribution >= 0.6 is 0 Å². The number of amides is 1. The summed E-state index contributed by atoms with van der Waals surface area (Å²) < 4.78 is 4.94. The van der Waals surface area contributed by atoms with Gasteiger partial charge in [0.1, 0.15) is 0 Å². The van der Waals surface area contributed by atoms with Crippen LogP contribution in [0.1, 0.15) is 25.0 Å². The van der Waals surface area contributed by atoms with Gasteiger partial charge in [-0.1, -0.05) is 62.4 Å². The van der Waals surface area contributed by atoms with Crippen LogP contribution in [0.4, 0.5) is 5.69 Å². The summed E-state index contributed by atoms with van der Waals surface area (Å²) >= 11 is 0. The Morgan fingerprint density at radius 3 is 2.35 bits per heavy atom. The lowest BCUT2D eigenvalue weighted by Gasteiger charge is -2.12. The summed E-state index contributed by atoms with van der Waals surface area (Å²) in [5, 5.41) is 2.81. The molecule has 2 aromatic carbocycles. The summed E-state index contributed by atoms with van der Waals surface area (Å²) in [4.78, 5) is 23.4. The van der Waals surface area contributed by atoms with Crippen molar-refractivity contribution in [2.75, 3.05) is 11.9 Å². The predicted molar refractivity (Wildman–Crippen MR) is 90.1 cm³/mol. The zero-order valence-electron chi connectivity index (χ0n) is 13.4. The second kappa shape index (κ2) is 8.13. The van der Waals surface area contributed by atoms with Gasteiger partial charge in [-0.3, -0.25) is 9.59 Å². The summed E-state index contributed by atoms with van der Waals surface area (Å²) in [6, 6.07) is 17.7. The molecule has 0 fully saturated rings. The molecule has 0 unspecified atom stereocenters. The highest BCUT2D eigenvalue weighted by Gasteiger charge is 2.12. The second-order valence-electron chi connectivity index (χ2n) is 5.63. The smallest absolute Gasteiger partial charge is 0.308 e. The monoisotopic (exact) mass is 311 g/mol. The second-order valence-corrected chi connectivity index (χ2v) is 5.63. The number of carbonyl (C=O) groups excluding carboxylic acids is 2. The number of rotatable bonds is 6. The number of esters is 1. The van der Waals surface area contributed by atoms with E-state index in [2.05, 4.69) is 5.32 Å². The van der Waals surface area contributed by atoms with Crippen LogP contribution in [0.3, 0.4) is 0 Å². The molecule has 0 radical (unpaired) electrons. The van der Waals surface area contributed by atoms with Crippen LogP contribution in [-0.2, 0) is 20.7 Å². The fraction of sp³-hybridized carbons (Fsp3) is 0.263. The number of ether oxygens (including phenoxy) is 1. The first kappa shape index (κ1) is 16.7. The van der Waals surface area contributed by atoms with E-state index in [1.165, 1.54) is 5.56 Å². The van der Waals surface area contributed by atoms with Crippen molar-refractivity contribution in [3.05, 3.63) is 65.7 Å². The molecule has 0 aromatic heterocycles. The van der Waals surface area contributed by atoms with Crippen LogP contribution in [0.5, 0.6) is 0 Å². The summed E-state index contributed by atoms with van der Waals surface area (Å²) in [6.07, 6.45) is 0.725. The van der Waals surface area contributed by atoms with E-state index in [0.717, 1.165) is 17.7 Å². The molecule has 0 spiro atoms. The molecule has 120 valence electrons. The van der Waals surface area contributed by atoms with E-state index in [1.54, 1.807) is 13.8 Å². The number of para-hydroxylation sites is 1. The number of benzene rings is 2. The summed E-state index contributed by atoms with van der Waals surface area (Å²) in [6.45, 7) is 3.20. The van der Waals surface area contributed by atoms with Crippen LogP contribution in [0.2, 0.25) is 0 Å². The molecule has 2 aromatic rings. The molecule has 0 bridgehead atoms. The molecule has 2 rings (SSSR count). The lowest BCUT2D eigenvalue weighted by molar-refractivity contribution is -0.150. The molecule has 0 atom stereocenters. The van der Waals surface area contributed by atoms with Gasteiger partial charge in [-0.25, -0.2) is 0 Å². The van der Waals surface area contributed by atoms with E-state index < -0.39 is 0 Å².